The van der Waals surface area contributed by atoms with E-state index < -0.39 is 0 Å². The van der Waals surface area contributed by atoms with Crippen molar-refractivity contribution in [2.24, 2.45) is 0 Å². The first-order valence-corrected chi connectivity index (χ1v) is 8.26. The smallest absolute Gasteiger partial charge is 0.150 e. The minimum absolute atomic E-state index is 0.624. The van der Waals surface area contributed by atoms with Crippen LogP contribution in [-0.2, 0) is 0 Å². The standard InChI is InChI=1S/C14H9ClN2O.C5H13N/c15-11-2-1-3-12(7-11)17-9-16-13-6-10(8-18)4-5-14(13)17;1-4-5-6(2)3/h1-9H;4-5H2,1-3H3. The van der Waals surface area contributed by atoms with Gasteiger partial charge in [-0.2, -0.15) is 0 Å². The van der Waals surface area contributed by atoms with Gasteiger partial charge in [0.05, 0.1) is 11.0 Å². The Labute approximate surface area is 147 Å². The van der Waals surface area contributed by atoms with Gasteiger partial charge in [0.2, 0.25) is 0 Å². The van der Waals surface area contributed by atoms with Crippen LogP contribution in [0.15, 0.2) is 48.8 Å². The summed E-state index contributed by atoms with van der Waals surface area (Å²) in [6.45, 7) is 3.39. The topological polar surface area (TPSA) is 38.1 Å². The van der Waals surface area contributed by atoms with E-state index in [-0.39, 0.29) is 0 Å². The first-order valence-electron chi connectivity index (χ1n) is 7.88. The van der Waals surface area contributed by atoms with Gasteiger partial charge in [0.25, 0.3) is 0 Å². The van der Waals surface area contributed by atoms with Gasteiger partial charge >= 0.3 is 0 Å². The van der Waals surface area contributed by atoms with E-state index in [1.54, 1.807) is 18.5 Å². The summed E-state index contributed by atoms with van der Waals surface area (Å²) < 4.78 is 1.94. The van der Waals surface area contributed by atoms with Gasteiger partial charge in [0, 0.05) is 16.3 Å². The molecule has 5 heteroatoms. The zero-order valence-electron chi connectivity index (χ0n) is 14.2. The van der Waals surface area contributed by atoms with Crippen molar-refractivity contribution in [3.05, 3.63) is 59.4 Å². The number of imidazole rings is 1. The van der Waals surface area contributed by atoms with Crippen LogP contribution in [-0.4, -0.2) is 41.4 Å². The highest BCUT2D eigenvalue weighted by atomic mass is 35.5. The predicted octanol–water partition coefficient (Wildman–Crippen LogP) is 4.45. The maximum Gasteiger partial charge on any atom is 0.150 e. The van der Waals surface area contributed by atoms with E-state index in [0.29, 0.717) is 10.6 Å². The van der Waals surface area contributed by atoms with Gasteiger partial charge in [-0.1, -0.05) is 24.6 Å². The van der Waals surface area contributed by atoms with Crippen LogP contribution < -0.4 is 0 Å². The Balaban J connectivity index is 0.000000301. The van der Waals surface area contributed by atoms with E-state index in [1.807, 2.05) is 34.9 Å². The number of fused-ring (bicyclic) bond motifs is 1. The number of benzene rings is 2. The van der Waals surface area contributed by atoms with E-state index in [0.717, 1.165) is 23.0 Å². The fourth-order valence-corrected chi connectivity index (χ4v) is 2.57. The maximum atomic E-state index is 10.7. The van der Waals surface area contributed by atoms with Crippen molar-refractivity contribution in [1.29, 1.82) is 0 Å². The zero-order valence-corrected chi connectivity index (χ0v) is 15.0. The normalized spacial score (nSPS) is 10.5. The second-order valence-electron chi connectivity index (χ2n) is 5.76. The monoisotopic (exact) mass is 343 g/mol. The fraction of sp³-hybridized carbons (Fsp3) is 0.263. The molecule has 1 heterocycles. The number of hydrogen-bond donors (Lipinski definition) is 0. The lowest BCUT2D eigenvalue weighted by Gasteiger charge is -2.04. The largest absolute Gasteiger partial charge is 0.309 e. The lowest BCUT2D eigenvalue weighted by atomic mass is 10.2. The summed E-state index contributed by atoms with van der Waals surface area (Å²) in [6.07, 6.45) is 3.80. The minimum Gasteiger partial charge on any atom is -0.309 e. The summed E-state index contributed by atoms with van der Waals surface area (Å²) in [5.41, 5.74) is 3.31. The van der Waals surface area contributed by atoms with Gasteiger partial charge in [-0.3, -0.25) is 9.36 Å². The van der Waals surface area contributed by atoms with E-state index in [4.69, 9.17) is 11.6 Å². The molecule has 2 aromatic carbocycles. The average Bonchev–Trinajstić information content (AvgIpc) is 2.98. The van der Waals surface area contributed by atoms with Gasteiger partial charge in [-0.15, -0.1) is 0 Å². The molecule has 0 atom stereocenters. The van der Waals surface area contributed by atoms with Crippen LogP contribution in [0, 0.1) is 0 Å². The van der Waals surface area contributed by atoms with Gasteiger partial charge in [-0.05, 0) is 63.5 Å². The predicted molar refractivity (Wildman–Crippen MR) is 100 cm³/mol. The van der Waals surface area contributed by atoms with Crippen LogP contribution in [0.5, 0.6) is 0 Å². The molecule has 3 aromatic rings. The maximum absolute atomic E-state index is 10.7. The van der Waals surface area contributed by atoms with Crippen molar-refractivity contribution in [3.8, 4) is 5.69 Å². The van der Waals surface area contributed by atoms with Crippen LogP contribution in [0.1, 0.15) is 23.7 Å². The van der Waals surface area contributed by atoms with Crippen molar-refractivity contribution in [2.75, 3.05) is 20.6 Å². The van der Waals surface area contributed by atoms with Crippen LogP contribution in [0.25, 0.3) is 16.7 Å². The molecule has 0 saturated carbocycles. The SMILES string of the molecule is CCCN(C)C.O=Cc1ccc2c(c1)ncn2-c1cccc(Cl)c1. The summed E-state index contributed by atoms with van der Waals surface area (Å²) in [6, 6.07) is 13.0. The van der Waals surface area contributed by atoms with E-state index in [9.17, 15) is 4.79 Å². The quantitative estimate of drug-likeness (QED) is 0.657. The molecule has 0 fully saturated rings. The molecule has 0 spiro atoms. The summed E-state index contributed by atoms with van der Waals surface area (Å²) in [5, 5.41) is 0.680. The second kappa shape index (κ2) is 8.62. The van der Waals surface area contributed by atoms with Crippen molar-refractivity contribution in [1.82, 2.24) is 14.5 Å². The molecule has 24 heavy (non-hydrogen) atoms. The summed E-state index contributed by atoms with van der Waals surface area (Å²) in [4.78, 5) is 17.2. The third-order valence-electron chi connectivity index (χ3n) is 3.46. The number of carbonyl (C=O) groups excluding carboxylic acids is 1. The molecular formula is C19H22ClN3O. The molecule has 0 unspecified atom stereocenters. The number of carbonyl (C=O) groups is 1. The Kier molecular flexibility index (Phi) is 6.53. The Morgan fingerprint density at radius 3 is 2.58 bits per heavy atom. The van der Waals surface area contributed by atoms with Crippen LogP contribution in [0.3, 0.4) is 0 Å². The molecule has 126 valence electrons. The molecule has 3 rings (SSSR count). The summed E-state index contributed by atoms with van der Waals surface area (Å²) >= 11 is 5.98. The molecule has 4 nitrogen and oxygen atoms in total. The highest BCUT2D eigenvalue weighted by Crippen LogP contribution is 2.21. The number of nitrogens with zero attached hydrogens (tertiary/aromatic N) is 3. The number of aromatic nitrogens is 2. The third kappa shape index (κ3) is 4.66. The number of hydrogen-bond acceptors (Lipinski definition) is 3. The van der Waals surface area contributed by atoms with Crippen LogP contribution >= 0.6 is 11.6 Å². The van der Waals surface area contributed by atoms with E-state index in [1.165, 1.54) is 13.0 Å². The molecular weight excluding hydrogens is 322 g/mol. The Morgan fingerprint density at radius 2 is 2.00 bits per heavy atom. The highest BCUT2D eigenvalue weighted by Gasteiger charge is 2.05. The fourth-order valence-electron chi connectivity index (χ4n) is 2.38. The van der Waals surface area contributed by atoms with E-state index in [2.05, 4.69) is 30.9 Å². The highest BCUT2D eigenvalue weighted by molar-refractivity contribution is 6.30. The molecule has 0 radical (unpaired) electrons. The summed E-state index contributed by atoms with van der Waals surface area (Å²) in [5.74, 6) is 0. The van der Waals surface area contributed by atoms with E-state index >= 15 is 0 Å². The molecule has 0 aliphatic heterocycles. The number of aldehydes is 1. The number of halogens is 1. The van der Waals surface area contributed by atoms with Crippen LogP contribution in [0.2, 0.25) is 5.02 Å². The van der Waals surface area contributed by atoms with Gasteiger partial charge in [-0.25, -0.2) is 4.98 Å². The molecule has 0 bridgehead atoms. The Bertz CT molecular complexity index is 811. The Morgan fingerprint density at radius 1 is 1.21 bits per heavy atom. The second-order valence-corrected chi connectivity index (χ2v) is 6.20. The third-order valence-corrected chi connectivity index (χ3v) is 3.70. The zero-order chi connectivity index (χ0) is 17.5. The lowest BCUT2D eigenvalue weighted by Crippen LogP contribution is -2.11. The van der Waals surface area contributed by atoms with Crippen LogP contribution in [0.4, 0.5) is 0 Å². The van der Waals surface area contributed by atoms with Crippen molar-refractivity contribution in [3.63, 3.8) is 0 Å². The van der Waals surface area contributed by atoms with Crippen molar-refractivity contribution >= 4 is 28.9 Å². The van der Waals surface area contributed by atoms with Crippen molar-refractivity contribution < 1.29 is 4.79 Å². The molecule has 0 saturated heterocycles. The molecule has 0 aliphatic carbocycles. The molecule has 0 aliphatic rings. The molecule has 0 N–H and O–H groups in total. The molecule has 1 aromatic heterocycles. The Hall–Kier alpha value is -2.17. The first-order chi connectivity index (χ1) is 11.5. The van der Waals surface area contributed by atoms with Gasteiger partial charge in [0.1, 0.15) is 12.6 Å². The minimum atomic E-state index is 0.624. The van der Waals surface area contributed by atoms with Crippen molar-refractivity contribution in [2.45, 2.75) is 13.3 Å². The average molecular weight is 344 g/mol. The van der Waals surface area contributed by atoms with Gasteiger partial charge < -0.3 is 4.90 Å². The summed E-state index contributed by atoms with van der Waals surface area (Å²) in [7, 11) is 4.17. The first kappa shape index (κ1) is 18.2. The van der Waals surface area contributed by atoms with Gasteiger partial charge in [0.15, 0.2) is 0 Å². The number of rotatable bonds is 4. The molecule has 0 amide bonds. The lowest BCUT2D eigenvalue weighted by molar-refractivity contribution is 0.112.